The van der Waals surface area contributed by atoms with E-state index in [1.165, 1.54) is 0 Å². The fraction of sp³-hybridized carbons (Fsp3) is 0.0526. The van der Waals surface area contributed by atoms with Gasteiger partial charge in [-0.25, -0.2) is 13.4 Å². The van der Waals surface area contributed by atoms with Gasteiger partial charge in [0.25, 0.3) is 0 Å². The van der Waals surface area contributed by atoms with Crippen molar-refractivity contribution >= 4 is 59.7 Å². The summed E-state index contributed by atoms with van der Waals surface area (Å²) in [5, 5.41) is 4.15. The van der Waals surface area contributed by atoms with Gasteiger partial charge < -0.3 is 5.32 Å². The summed E-state index contributed by atoms with van der Waals surface area (Å²) in [6.07, 6.45) is 3.42. The molecule has 0 amide bonds. The lowest BCUT2D eigenvalue weighted by Gasteiger charge is -2.11. The average molecular weight is 379 g/mol. The Hall–Kier alpha value is -2.77. The van der Waals surface area contributed by atoms with E-state index in [-0.39, 0.29) is 0 Å². The number of benzene rings is 2. The first-order chi connectivity index (χ1) is 12.5. The van der Waals surface area contributed by atoms with Crippen molar-refractivity contribution in [1.29, 1.82) is 0 Å². The molecule has 2 aromatic carbocycles. The minimum absolute atomic E-state index is 0.341. The second kappa shape index (κ2) is 5.36. The summed E-state index contributed by atoms with van der Waals surface area (Å²) in [7, 11) is -3.39. The van der Waals surface area contributed by atoms with Crippen LogP contribution in [0, 0.1) is 0 Å². The zero-order valence-electron chi connectivity index (χ0n) is 13.7. The lowest BCUT2D eigenvalue weighted by Crippen LogP contribution is -1.99. The predicted octanol–water partition coefficient (Wildman–Crippen LogP) is 4.74. The highest BCUT2D eigenvalue weighted by Crippen LogP contribution is 2.37. The molecule has 0 bridgehead atoms. The van der Waals surface area contributed by atoms with Crippen molar-refractivity contribution in [2.24, 2.45) is 0 Å². The van der Waals surface area contributed by atoms with Crippen LogP contribution < -0.4 is 5.32 Å². The Labute approximate surface area is 154 Å². The SMILES string of the molecule is CC1=Cc2cc3nccc(Nc4ccc5scnc5c4)c3cc2S1(=O)=O. The summed E-state index contributed by atoms with van der Waals surface area (Å²) >= 11 is 1.60. The Bertz CT molecular complexity index is 1340. The molecule has 0 saturated heterocycles. The molecule has 7 heteroatoms. The summed E-state index contributed by atoms with van der Waals surface area (Å²) in [5.74, 6) is 0. The van der Waals surface area contributed by atoms with E-state index in [1.54, 1.807) is 36.6 Å². The van der Waals surface area contributed by atoms with E-state index in [1.807, 2.05) is 35.8 Å². The van der Waals surface area contributed by atoms with Gasteiger partial charge in [-0.2, -0.15) is 0 Å². The molecule has 26 heavy (non-hydrogen) atoms. The second-order valence-corrected chi connectivity index (χ2v) is 9.16. The summed E-state index contributed by atoms with van der Waals surface area (Å²) in [5.41, 5.74) is 5.91. The molecule has 0 atom stereocenters. The molecule has 1 aliphatic rings. The molecule has 1 aliphatic heterocycles. The summed E-state index contributed by atoms with van der Waals surface area (Å²) < 4.78 is 26.1. The van der Waals surface area contributed by atoms with Crippen molar-refractivity contribution in [3.8, 4) is 0 Å². The minimum Gasteiger partial charge on any atom is -0.355 e. The van der Waals surface area contributed by atoms with E-state index in [0.29, 0.717) is 15.4 Å². The third-order valence-corrected chi connectivity index (χ3v) is 7.26. The highest BCUT2D eigenvalue weighted by molar-refractivity contribution is 7.95. The predicted molar refractivity (Wildman–Crippen MR) is 105 cm³/mol. The normalized spacial score (nSPS) is 15.2. The number of fused-ring (bicyclic) bond motifs is 3. The Morgan fingerprint density at radius 2 is 1.92 bits per heavy atom. The Kier molecular flexibility index (Phi) is 3.19. The van der Waals surface area contributed by atoms with Crippen molar-refractivity contribution in [1.82, 2.24) is 9.97 Å². The number of nitrogens with one attached hydrogen (secondary N) is 1. The molecule has 0 saturated carbocycles. The van der Waals surface area contributed by atoms with E-state index >= 15 is 0 Å². The zero-order valence-corrected chi connectivity index (χ0v) is 15.4. The van der Waals surface area contributed by atoms with E-state index in [0.717, 1.165) is 32.5 Å². The van der Waals surface area contributed by atoms with Crippen LogP contribution in [-0.4, -0.2) is 18.4 Å². The van der Waals surface area contributed by atoms with Gasteiger partial charge in [0.2, 0.25) is 9.84 Å². The number of pyridine rings is 1. The maximum absolute atomic E-state index is 12.5. The van der Waals surface area contributed by atoms with Crippen LogP contribution >= 0.6 is 11.3 Å². The van der Waals surface area contributed by atoms with E-state index in [4.69, 9.17) is 0 Å². The van der Waals surface area contributed by atoms with E-state index in [9.17, 15) is 8.42 Å². The molecule has 2 aromatic heterocycles. The van der Waals surface area contributed by atoms with Crippen LogP contribution in [0.3, 0.4) is 0 Å². The highest BCUT2D eigenvalue weighted by Gasteiger charge is 2.27. The lowest BCUT2D eigenvalue weighted by atomic mass is 10.1. The van der Waals surface area contributed by atoms with Crippen molar-refractivity contribution in [3.63, 3.8) is 0 Å². The molecular formula is C19H13N3O2S2. The van der Waals surface area contributed by atoms with Gasteiger partial charge in [0, 0.05) is 27.9 Å². The van der Waals surface area contributed by atoms with Crippen LogP contribution in [-0.2, 0) is 9.84 Å². The standard InChI is InChI=1S/C19H13N3O2S2/c1-11-6-12-7-16-14(9-19(12)26(11,23)24)15(4-5-20-16)22-13-2-3-18-17(8-13)21-10-25-18/h2-10H,1H3,(H,20,22). The summed E-state index contributed by atoms with van der Waals surface area (Å²) in [6.45, 7) is 1.62. The molecule has 4 aromatic rings. The quantitative estimate of drug-likeness (QED) is 0.545. The lowest BCUT2D eigenvalue weighted by molar-refractivity contribution is 0.603. The van der Waals surface area contributed by atoms with Crippen molar-refractivity contribution < 1.29 is 8.42 Å². The molecule has 5 nitrogen and oxygen atoms in total. The first-order valence-electron chi connectivity index (χ1n) is 7.99. The van der Waals surface area contributed by atoms with Crippen molar-refractivity contribution in [3.05, 3.63) is 58.6 Å². The van der Waals surface area contributed by atoms with Crippen molar-refractivity contribution in [2.45, 2.75) is 11.8 Å². The second-order valence-electron chi connectivity index (χ2n) is 6.18. The van der Waals surface area contributed by atoms with Gasteiger partial charge in [0.05, 0.1) is 26.1 Å². The number of nitrogens with zero attached hydrogens (tertiary/aromatic N) is 2. The summed E-state index contributed by atoms with van der Waals surface area (Å²) in [4.78, 5) is 9.45. The van der Waals surface area contributed by atoms with Crippen LogP contribution in [0.1, 0.15) is 12.5 Å². The third kappa shape index (κ3) is 2.24. The number of sulfone groups is 1. The Morgan fingerprint density at radius 3 is 2.81 bits per heavy atom. The molecule has 3 heterocycles. The van der Waals surface area contributed by atoms with E-state index < -0.39 is 9.84 Å². The molecule has 0 unspecified atom stereocenters. The zero-order chi connectivity index (χ0) is 17.9. The van der Waals surface area contributed by atoms with Crippen LogP contribution in [0.25, 0.3) is 27.2 Å². The molecule has 1 N–H and O–H groups in total. The monoisotopic (exact) mass is 379 g/mol. The van der Waals surface area contributed by atoms with Crippen molar-refractivity contribution in [2.75, 3.05) is 5.32 Å². The van der Waals surface area contributed by atoms with Gasteiger partial charge in [-0.15, -0.1) is 11.3 Å². The number of aromatic nitrogens is 2. The van der Waals surface area contributed by atoms with E-state index in [2.05, 4.69) is 15.3 Å². The van der Waals surface area contributed by atoms with Gasteiger partial charge in [-0.05, 0) is 55.0 Å². The topological polar surface area (TPSA) is 72.0 Å². The van der Waals surface area contributed by atoms with Gasteiger partial charge >= 0.3 is 0 Å². The fourth-order valence-corrected chi connectivity index (χ4v) is 5.19. The number of rotatable bonds is 2. The number of allylic oxidation sites excluding steroid dienone is 1. The van der Waals surface area contributed by atoms with Crippen LogP contribution in [0.5, 0.6) is 0 Å². The molecule has 0 spiro atoms. The fourth-order valence-electron chi connectivity index (χ4n) is 3.20. The maximum atomic E-state index is 12.5. The van der Waals surface area contributed by atoms with Crippen LogP contribution in [0.15, 0.2) is 57.9 Å². The number of hydrogen-bond acceptors (Lipinski definition) is 6. The molecule has 0 fully saturated rings. The first-order valence-corrected chi connectivity index (χ1v) is 10.3. The number of anilines is 2. The van der Waals surface area contributed by atoms with Gasteiger partial charge in [0.1, 0.15) is 0 Å². The average Bonchev–Trinajstić information content (AvgIpc) is 3.16. The first kappa shape index (κ1) is 15.5. The molecule has 0 aliphatic carbocycles. The van der Waals surface area contributed by atoms with Crippen LogP contribution in [0.4, 0.5) is 11.4 Å². The Balaban J connectivity index is 1.66. The minimum atomic E-state index is -3.39. The molecular weight excluding hydrogens is 366 g/mol. The van der Waals surface area contributed by atoms with Gasteiger partial charge in [-0.1, -0.05) is 0 Å². The smallest absolute Gasteiger partial charge is 0.203 e. The molecule has 0 radical (unpaired) electrons. The molecule has 128 valence electrons. The van der Waals surface area contributed by atoms with Gasteiger partial charge in [0.15, 0.2) is 0 Å². The summed E-state index contributed by atoms with van der Waals surface area (Å²) in [6, 6.07) is 11.4. The van der Waals surface area contributed by atoms with Gasteiger partial charge in [-0.3, -0.25) is 4.98 Å². The highest BCUT2D eigenvalue weighted by atomic mass is 32.2. The maximum Gasteiger partial charge on any atom is 0.203 e. The number of hydrogen-bond donors (Lipinski definition) is 1. The largest absolute Gasteiger partial charge is 0.355 e. The molecule has 5 rings (SSSR count). The number of thiazole rings is 1. The Morgan fingerprint density at radius 1 is 1.04 bits per heavy atom. The van der Waals surface area contributed by atoms with Crippen LogP contribution in [0.2, 0.25) is 0 Å². The third-order valence-electron chi connectivity index (χ3n) is 4.55.